The number of aromatic nitrogens is 2. The van der Waals surface area contributed by atoms with E-state index in [1.165, 1.54) is 32.1 Å². The second-order valence-electron chi connectivity index (χ2n) is 7.47. The summed E-state index contributed by atoms with van der Waals surface area (Å²) in [4.78, 5) is 13.3. The third-order valence-corrected chi connectivity index (χ3v) is 5.94. The molecule has 3 aromatic rings. The Bertz CT molecular complexity index is 976. The first-order valence-corrected chi connectivity index (χ1v) is 11.7. The molecule has 0 bridgehead atoms. The Kier molecular flexibility index (Phi) is 8.84. The van der Waals surface area contributed by atoms with Crippen LogP contribution in [-0.4, -0.2) is 28.9 Å². The molecule has 1 amide bonds. The SMILES string of the molecule is CCCCCCCCOc1ccc(-c2cc(C(=O)N/N=C/c3sccc3C)[nH]n2)cc1. The normalized spacial score (nSPS) is 11.2. The summed E-state index contributed by atoms with van der Waals surface area (Å²) in [5, 5.41) is 13.0. The van der Waals surface area contributed by atoms with Gasteiger partial charge in [0.2, 0.25) is 0 Å². The van der Waals surface area contributed by atoms with Gasteiger partial charge >= 0.3 is 0 Å². The van der Waals surface area contributed by atoms with Crippen molar-refractivity contribution in [2.75, 3.05) is 6.61 Å². The highest BCUT2D eigenvalue weighted by molar-refractivity contribution is 7.11. The second-order valence-corrected chi connectivity index (χ2v) is 8.42. The highest BCUT2D eigenvalue weighted by atomic mass is 32.1. The van der Waals surface area contributed by atoms with Crippen LogP contribution >= 0.6 is 11.3 Å². The van der Waals surface area contributed by atoms with Crippen molar-refractivity contribution in [3.05, 3.63) is 57.9 Å². The number of carbonyl (C=O) groups is 1. The molecule has 0 aliphatic carbocycles. The van der Waals surface area contributed by atoms with E-state index in [9.17, 15) is 4.79 Å². The van der Waals surface area contributed by atoms with Gasteiger partial charge in [0.1, 0.15) is 11.4 Å². The van der Waals surface area contributed by atoms with E-state index in [-0.39, 0.29) is 5.91 Å². The number of thiophene rings is 1. The molecule has 0 saturated heterocycles. The first-order chi connectivity index (χ1) is 15.2. The van der Waals surface area contributed by atoms with Crippen LogP contribution in [0.3, 0.4) is 0 Å². The van der Waals surface area contributed by atoms with E-state index < -0.39 is 0 Å². The van der Waals surface area contributed by atoms with Crippen LogP contribution in [0.2, 0.25) is 0 Å². The minimum atomic E-state index is -0.330. The molecule has 0 spiro atoms. The number of carbonyl (C=O) groups excluding carboxylic acids is 1. The lowest BCUT2D eigenvalue weighted by Crippen LogP contribution is -2.17. The van der Waals surface area contributed by atoms with Gasteiger partial charge in [0, 0.05) is 10.4 Å². The van der Waals surface area contributed by atoms with Gasteiger partial charge < -0.3 is 4.74 Å². The largest absolute Gasteiger partial charge is 0.494 e. The zero-order valence-corrected chi connectivity index (χ0v) is 19.0. The summed E-state index contributed by atoms with van der Waals surface area (Å²) >= 11 is 1.58. The molecule has 0 unspecified atom stereocenters. The molecule has 0 saturated carbocycles. The Morgan fingerprint density at radius 3 is 2.68 bits per heavy atom. The molecule has 0 radical (unpaired) electrons. The fraction of sp³-hybridized carbons (Fsp3) is 0.375. The van der Waals surface area contributed by atoms with E-state index in [1.807, 2.05) is 42.6 Å². The average molecular weight is 439 g/mol. The summed E-state index contributed by atoms with van der Waals surface area (Å²) in [5.41, 5.74) is 5.64. The van der Waals surface area contributed by atoms with E-state index in [4.69, 9.17) is 4.74 Å². The molecule has 6 nitrogen and oxygen atoms in total. The number of nitrogens with one attached hydrogen (secondary N) is 2. The highest BCUT2D eigenvalue weighted by Crippen LogP contribution is 2.21. The predicted molar refractivity (Wildman–Crippen MR) is 127 cm³/mol. The molecule has 0 fully saturated rings. The summed E-state index contributed by atoms with van der Waals surface area (Å²) in [5.74, 6) is 0.520. The zero-order valence-electron chi connectivity index (χ0n) is 18.2. The molecule has 2 heterocycles. The number of hydrazone groups is 1. The van der Waals surface area contributed by atoms with Gasteiger partial charge in [-0.2, -0.15) is 10.2 Å². The number of amides is 1. The van der Waals surface area contributed by atoms with Crippen molar-refractivity contribution < 1.29 is 9.53 Å². The summed E-state index contributed by atoms with van der Waals surface area (Å²) in [6, 6.07) is 11.5. The molecule has 0 aliphatic rings. The number of aromatic amines is 1. The first-order valence-electron chi connectivity index (χ1n) is 10.8. The van der Waals surface area contributed by atoms with Crippen LogP contribution in [0.4, 0.5) is 0 Å². The maximum Gasteiger partial charge on any atom is 0.289 e. The van der Waals surface area contributed by atoms with E-state index in [0.29, 0.717) is 11.4 Å². The number of hydrogen-bond acceptors (Lipinski definition) is 5. The third-order valence-electron chi connectivity index (χ3n) is 4.99. The van der Waals surface area contributed by atoms with Crippen LogP contribution in [0.5, 0.6) is 5.75 Å². The van der Waals surface area contributed by atoms with E-state index in [2.05, 4.69) is 27.6 Å². The second kappa shape index (κ2) is 12.1. The summed E-state index contributed by atoms with van der Waals surface area (Å²) in [7, 11) is 0. The van der Waals surface area contributed by atoms with E-state index in [0.717, 1.165) is 34.8 Å². The van der Waals surface area contributed by atoms with Crippen LogP contribution < -0.4 is 10.2 Å². The summed E-state index contributed by atoms with van der Waals surface area (Å²) in [6.07, 6.45) is 9.14. The molecule has 1 aromatic carbocycles. The van der Waals surface area contributed by atoms with Crippen molar-refractivity contribution in [2.45, 2.75) is 52.4 Å². The summed E-state index contributed by atoms with van der Waals surface area (Å²) in [6.45, 7) is 4.98. The lowest BCUT2D eigenvalue weighted by atomic mass is 10.1. The minimum Gasteiger partial charge on any atom is -0.494 e. The number of aryl methyl sites for hydroxylation is 1. The fourth-order valence-electron chi connectivity index (χ4n) is 3.11. The molecule has 0 atom stereocenters. The smallest absolute Gasteiger partial charge is 0.289 e. The first kappa shape index (κ1) is 22.7. The standard InChI is InChI=1S/C24H30N4O2S/c1-3-4-5-6-7-8-14-30-20-11-9-19(10-12-20)21-16-22(27-26-21)24(29)28-25-17-23-18(2)13-15-31-23/h9-13,15-17H,3-8,14H2,1-2H3,(H,26,27)(H,28,29)/b25-17+. The van der Waals surface area contributed by atoms with Gasteiger partial charge in [-0.3, -0.25) is 9.89 Å². The molecule has 31 heavy (non-hydrogen) atoms. The Morgan fingerprint density at radius 2 is 1.94 bits per heavy atom. The van der Waals surface area contributed by atoms with Crippen molar-refractivity contribution in [3.8, 4) is 17.0 Å². The number of unbranched alkanes of at least 4 members (excludes halogenated alkanes) is 5. The maximum absolute atomic E-state index is 12.3. The molecular formula is C24H30N4O2S. The van der Waals surface area contributed by atoms with Crippen molar-refractivity contribution in [1.29, 1.82) is 0 Å². The van der Waals surface area contributed by atoms with Crippen LogP contribution in [0.1, 0.15) is 66.4 Å². The molecule has 2 N–H and O–H groups in total. The molecule has 2 aromatic heterocycles. The number of H-pyrrole nitrogens is 1. The number of benzene rings is 1. The van der Waals surface area contributed by atoms with Gasteiger partial charge in [0.05, 0.1) is 18.5 Å². The van der Waals surface area contributed by atoms with Gasteiger partial charge in [-0.15, -0.1) is 11.3 Å². The monoisotopic (exact) mass is 438 g/mol. The predicted octanol–water partition coefficient (Wildman–Crippen LogP) is 5.95. The number of nitrogens with zero attached hydrogens (tertiary/aromatic N) is 2. The quantitative estimate of drug-likeness (QED) is 0.208. The van der Waals surface area contributed by atoms with Gasteiger partial charge in [-0.1, -0.05) is 39.0 Å². The van der Waals surface area contributed by atoms with Gasteiger partial charge in [0.25, 0.3) is 5.91 Å². The zero-order chi connectivity index (χ0) is 21.9. The van der Waals surface area contributed by atoms with Gasteiger partial charge in [-0.25, -0.2) is 5.43 Å². The average Bonchev–Trinajstić information content (AvgIpc) is 3.43. The summed E-state index contributed by atoms with van der Waals surface area (Å²) < 4.78 is 5.82. The third kappa shape index (κ3) is 7.07. The molecule has 3 rings (SSSR count). The molecule has 0 aliphatic heterocycles. The van der Waals surface area contributed by atoms with Crippen molar-refractivity contribution >= 4 is 23.5 Å². The Morgan fingerprint density at radius 1 is 1.16 bits per heavy atom. The molecule has 7 heteroatoms. The Hall–Kier alpha value is -2.93. The molecule has 164 valence electrons. The van der Waals surface area contributed by atoms with Crippen molar-refractivity contribution in [2.24, 2.45) is 5.10 Å². The van der Waals surface area contributed by atoms with Crippen molar-refractivity contribution in [1.82, 2.24) is 15.6 Å². The number of rotatable bonds is 12. The number of ether oxygens (including phenoxy) is 1. The highest BCUT2D eigenvalue weighted by Gasteiger charge is 2.10. The topological polar surface area (TPSA) is 79.4 Å². The molecular weight excluding hydrogens is 408 g/mol. The maximum atomic E-state index is 12.3. The lowest BCUT2D eigenvalue weighted by molar-refractivity contribution is 0.0950. The van der Waals surface area contributed by atoms with E-state index in [1.54, 1.807) is 23.6 Å². The van der Waals surface area contributed by atoms with E-state index >= 15 is 0 Å². The van der Waals surface area contributed by atoms with Crippen LogP contribution in [0.25, 0.3) is 11.3 Å². The Balaban J connectivity index is 1.46. The fourth-order valence-corrected chi connectivity index (χ4v) is 3.89. The lowest BCUT2D eigenvalue weighted by Gasteiger charge is -2.06. The van der Waals surface area contributed by atoms with Crippen LogP contribution in [0, 0.1) is 6.92 Å². The Labute approximate surface area is 187 Å². The van der Waals surface area contributed by atoms with Crippen LogP contribution in [-0.2, 0) is 0 Å². The number of hydrogen-bond donors (Lipinski definition) is 2. The van der Waals surface area contributed by atoms with Crippen molar-refractivity contribution in [3.63, 3.8) is 0 Å². The van der Waals surface area contributed by atoms with Crippen LogP contribution in [0.15, 0.2) is 46.9 Å². The van der Waals surface area contributed by atoms with Gasteiger partial charge in [-0.05, 0) is 60.7 Å². The minimum absolute atomic E-state index is 0.330. The van der Waals surface area contributed by atoms with Gasteiger partial charge in [0.15, 0.2) is 0 Å².